The van der Waals surface area contributed by atoms with E-state index in [4.69, 9.17) is 0 Å². The molecule has 0 aliphatic heterocycles. The van der Waals surface area contributed by atoms with Crippen molar-refractivity contribution in [3.05, 3.63) is 108 Å². The zero-order valence-corrected chi connectivity index (χ0v) is 18.2. The topological polar surface area (TPSA) is 24.1 Å². The van der Waals surface area contributed by atoms with Gasteiger partial charge in [-0.05, 0) is 82.9 Å². The Bertz CT molecular complexity index is 1470. The molecule has 0 radical (unpaired) electrons. The van der Waals surface area contributed by atoms with E-state index in [0.717, 1.165) is 22.7 Å². The zero-order chi connectivity index (χ0) is 21.7. The molecule has 0 heterocycles. The van der Waals surface area contributed by atoms with Gasteiger partial charge in [0.15, 0.2) is 0 Å². The Balaban J connectivity index is 1.54. The quantitative estimate of drug-likeness (QED) is 0.283. The minimum atomic E-state index is 1.11. The first kappa shape index (κ1) is 18.7. The predicted molar refractivity (Wildman–Crippen MR) is 139 cm³/mol. The number of hydrogen-bond acceptors (Lipinski definition) is 2. The third-order valence-electron chi connectivity index (χ3n) is 6.26. The first-order valence-corrected chi connectivity index (χ1v) is 11.0. The maximum absolute atomic E-state index is 3.64. The van der Waals surface area contributed by atoms with Crippen molar-refractivity contribution in [1.29, 1.82) is 0 Å². The third kappa shape index (κ3) is 3.12. The summed E-state index contributed by atoms with van der Waals surface area (Å²) < 4.78 is 0. The maximum Gasteiger partial charge on any atom is 0.0464 e. The average Bonchev–Trinajstić information content (AvgIpc) is 2.79. The van der Waals surface area contributed by atoms with E-state index in [1.54, 1.807) is 0 Å². The van der Waals surface area contributed by atoms with Crippen LogP contribution >= 0.6 is 0 Å². The highest BCUT2D eigenvalue weighted by Crippen LogP contribution is 2.41. The van der Waals surface area contributed by atoms with Gasteiger partial charge in [0.2, 0.25) is 0 Å². The van der Waals surface area contributed by atoms with E-state index in [1.807, 2.05) is 0 Å². The van der Waals surface area contributed by atoms with E-state index in [9.17, 15) is 0 Å². The molecule has 0 saturated carbocycles. The number of rotatable bonds is 4. The van der Waals surface area contributed by atoms with Gasteiger partial charge in [0.25, 0.3) is 0 Å². The van der Waals surface area contributed by atoms with Crippen LogP contribution in [-0.2, 0) is 0 Å². The molecule has 2 nitrogen and oxygen atoms in total. The normalized spacial score (nSPS) is 11.4. The van der Waals surface area contributed by atoms with Crippen LogP contribution in [0.2, 0.25) is 0 Å². The van der Waals surface area contributed by atoms with E-state index >= 15 is 0 Å². The summed E-state index contributed by atoms with van der Waals surface area (Å²) in [6, 6.07) is 34.8. The molecule has 6 rings (SSSR count). The lowest BCUT2D eigenvalue weighted by Gasteiger charge is -2.18. The van der Waals surface area contributed by atoms with Crippen molar-refractivity contribution in [2.75, 3.05) is 10.6 Å². The van der Waals surface area contributed by atoms with E-state index in [1.165, 1.54) is 43.4 Å². The van der Waals surface area contributed by atoms with Crippen molar-refractivity contribution in [2.45, 2.75) is 13.8 Å². The maximum atomic E-state index is 3.64. The highest BCUT2D eigenvalue weighted by Gasteiger charge is 2.13. The fourth-order valence-electron chi connectivity index (χ4n) is 4.78. The molecule has 6 aromatic rings. The standard InChI is InChI=1S/C30H24N2/c1-19-5-3-7-23(17-19)31-27-15-11-21-10-14-26-28(32-24-8-4-6-20(2)18-24)16-12-22-9-13-25(27)29(21)30(22)26/h3-18,31-32H,1-2H3. The Morgan fingerprint density at radius 1 is 0.469 bits per heavy atom. The van der Waals surface area contributed by atoms with Crippen molar-refractivity contribution >= 4 is 55.1 Å². The predicted octanol–water partition coefficient (Wildman–Crippen LogP) is 8.69. The summed E-state index contributed by atoms with van der Waals surface area (Å²) in [5.41, 5.74) is 6.99. The molecule has 0 saturated heterocycles. The molecule has 0 unspecified atom stereocenters. The van der Waals surface area contributed by atoms with Crippen molar-refractivity contribution in [1.82, 2.24) is 0 Å². The second-order valence-corrected chi connectivity index (χ2v) is 8.64. The van der Waals surface area contributed by atoms with Gasteiger partial charge in [-0.2, -0.15) is 0 Å². The molecule has 0 fully saturated rings. The SMILES string of the molecule is Cc1cccc(Nc2ccc3ccc4c(Nc5cccc(C)c5)ccc5ccc2c3c54)c1. The zero-order valence-electron chi connectivity index (χ0n) is 18.2. The van der Waals surface area contributed by atoms with Crippen LogP contribution in [0.25, 0.3) is 32.3 Å². The summed E-state index contributed by atoms with van der Waals surface area (Å²) in [7, 11) is 0. The third-order valence-corrected chi connectivity index (χ3v) is 6.26. The van der Waals surface area contributed by atoms with E-state index < -0.39 is 0 Å². The Labute approximate surface area is 187 Å². The molecular weight excluding hydrogens is 388 g/mol. The van der Waals surface area contributed by atoms with Gasteiger partial charge in [-0.3, -0.25) is 0 Å². The smallest absolute Gasteiger partial charge is 0.0464 e. The van der Waals surface area contributed by atoms with E-state index in [0.29, 0.717) is 0 Å². The summed E-state index contributed by atoms with van der Waals surface area (Å²) in [5, 5.41) is 14.9. The Hall–Kier alpha value is -4.04. The molecule has 2 heteroatoms. The molecule has 0 spiro atoms. The van der Waals surface area contributed by atoms with Crippen molar-refractivity contribution in [3.8, 4) is 0 Å². The van der Waals surface area contributed by atoms with Crippen molar-refractivity contribution in [2.24, 2.45) is 0 Å². The van der Waals surface area contributed by atoms with Crippen LogP contribution in [0.3, 0.4) is 0 Å². The second kappa shape index (κ2) is 7.28. The Morgan fingerprint density at radius 3 is 1.34 bits per heavy atom. The molecule has 2 N–H and O–H groups in total. The fraction of sp³-hybridized carbons (Fsp3) is 0.0667. The highest BCUT2D eigenvalue weighted by atomic mass is 14.9. The molecular formula is C30H24N2. The number of aryl methyl sites for hydroxylation is 2. The minimum absolute atomic E-state index is 1.11. The minimum Gasteiger partial charge on any atom is -0.355 e. The molecule has 6 aromatic carbocycles. The van der Waals surface area contributed by atoms with Gasteiger partial charge < -0.3 is 10.6 Å². The summed E-state index contributed by atoms with van der Waals surface area (Å²) in [6.45, 7) is 4.25. The van der Waals surface area contributed by atoms with E-state index in [2.05, 4.69) is 122 Å². The van der Waals surface area contributed by atoms with Crippen molar-refractivity contribution in [3.63, 3.8) is 0 Å². The Morgan fingerprint density at radius 2 is 0.906 bits per heavy atom. The molecule has 0 bridgehead atoms. The lowest BCUT2D eigenvalue weighted by Crippen LogP contribution is -1.95. The summed E-state index contributed by atoms with van der Waals surface area (Å²) >= 11 is 0. The molecule has 0 aliphatic carbocycles. The van der Waals surface area contributed by atoms with Gasteiger partial charge in [-0.1, -0.05) is 60.7 Å². The van der Waals surface area contributed by atoms with Crippen molar-refractivity contribution < 1.29 is 0 Å². The Kier molecular flexibility index (Phi) is 4.26. The van der Waals surface area contributed by atoms with Crippen LogP contribution in [0, 0.1) is 13.8 Å². The van der Waals surface area contributed by atoms with Gasteiger partial charge in [0.1, 0.15) is 0 Å². The highest BCUT2D eigenvalue weighted by molar-refractivity contribution is 6.27. The lowest BCUT2D eigenvalue weighted by atomic mass is 9.92. The molecule has 0 aromatic heterocycles. The van der Waals surface area contributed by atoms with Crippen LogP contribution in [0.1, 0.15) is 11.1 Å². The van der Waals surface area contributed by atoms with Gasteiger partial charge in [0, 0.05) is 33.5 Å². The number of hydrogen-bond donors (Lipinski definition) is 2. The second-order valence-electron chi connectivity index (χ2n) is 8.64. The lowest BCUT2D eigenvalue weighted by molar-refractivity contribution is 1.45. The molecule has 32 heavy (non-hydrogen) atoms. The van der Waals surface area contributed by atoms with Crippen LogP contribution in [0.4, 0.5) is 22.7 Å². The van der Waals surface area contributed by atoms with E-state index in [-0.39, 0.29) is 0 Å². The molecule has 0 atom stereocenters. The molecule has 0 aliphatic rings. The fourth-order valence-corrected chi connectivity index (χ4v) is 4.78. The largest absolute Gasteiger partial charge is 0.355 e. The van der Waals surface area contributed by atoms with Gasteiger partial charge in [0.05, 0.1) is 0 Å². The van der Waals surface area contributed by atoms with Gasteiger partial charge >= 0.3 is 0 Å². The first-order valence-electron chi connectivity index (χ1n) is 11.0. The van der Waals surface area contributed by atoms with Crippen LogP contribution in [0.5, 0.6) is 0 Å². The number of anilines is 4. The summed E-state index contributed by atoms with van der Waals surface area (Å²) in [6.07, 6.45) is 0. The molecule has 154 valence electrons. The average molecular weight is 413 g/mol. The van der Waals surface area contributed by atoms with Crippen LogP contribution in [-0.4, -0.2) is 0 Å². The molecule has 0 amide bonds. The van der Waals surface area contributed by atoms with Gasteiger partial charge in [-0.25, -0.2) is 0 Å². The number of benzene rings is 6. The summed E-state index contributed by atoms with van der Waals surface area (Å²) in [5.74, 6) is 0. The summed E-state index contributed by atoms with van der Waals surface area (Å²) in [4.78, 5) is 0. The van der Waals surface area contributed by atoms with Crippen LogP contribution < -0.4 is 10.6 Å². The monoisotopic (exact) mass is 412 g/mol. The van der Waals surface area contributed by atoms with Crippen LogP contribution in [0.15, 0.2) is 97.1 Å². The first-order chi connectivity index (χ1) is 15.7. The van der Waals surface area contributed by atoms with Gasteiger partial charge in [-0.15, -0.1) is 0 Å². The number of nitrogens with one attached hydrogen (secondary N) is 2.